The van der Waals surface area contributed by atoms with Crippen LogP contribution >= 0.6 is 0 Å². The molecule has 0 aliphatic heterocycles. The molecule has 5 nitrogen and oxygen atoms in total. The second-order valence-corrected chi connectivity index (χ2v) is 4.51. The monoisotopic (exact) mass is 293 g/mol. The van der Waals surface area contributed by atoms with E-state index in [4.69, 9.17) is 9.15 Å². The van der Waals surface area contributed by atoms with Crippen molar-refractivity contribution in [1.29, 1.82) is 0 Å². The smallest absolute Gasteiger partial charge is 0.258 e. The van der Waals surface area contributed by atoms with Crippen LogP contribution in [0.1, 0.15) is 17.6 Å². The van der Waals surface area contributed by atoms with E-state index >= 15 is 0 Å². The second-order valence-electron chi connectivity index (χ2n) is 4.51. The topological polar surface area (TPSA) is 71.7 Å². The molecule has 2 aromatic rings. The Morgan fingerprint density at radius 2 is 2.05 bits per heavy atom. The molecule has 2 N–H and O–H groups in total. The number of aliphatic hydroxyl groups excluding tert-OH is 1. The van der Waals surface area contributed by atoms with Crippen LogP contribution in [-0.2, 0) is 4.79 Å². The summed E-state index contributed by atoms with van der Waals surface area (Å²) in [6.07, 6.45) is -0.909. The van der Waals surface area contributed by atoms with Gasteiger partial charge in [0.2, 0.25) is 0 Å². The van der Waals surface area contributed by atoms with E-state index in [1.165, 1.54) is 24.3 Å². The molecule has 1 atom stereocenters. The van der Waals surface area contributed by atoms with E-state index in [2.05, 4.69) is 5.32 Å². The van der Waals surface area contributed by atoms with E-state index in [0.29, 0.717) is 17.3 Å². The lowest BCUT2D eigenvalue weighted by molar-refractivity contribution is -0.123. The van der Waals surface area contributed by atoms with Crippen molar-refractivity contribution in [3.63, 3.8) is 0 Å². The van der Waals surface area contributed by atoms with Gasteiger partial charge in [-0.25, -0.2) is 4.39 Å². The third-order valence-electron chi connectivity index (χ3n) is 2.77. The number of rotatable bonds is 6. The van der Waals surface area contributed by atoms with Gasteiger partial charge in [0.25, 0.3) is 5.91 Å². The number of carbonyl (C=O) groups is 1. The summed E-state index contributed by atoms with van der Waals surface area (Å²) >= 11 is 0. The Balaban J connectivity index is 1.73. The summed E-state index contributed by atoms with van der Waals surface area (Å²) in [5.74, 6) is 0.723. The molecular formula is C15H16FNO4. The molecule has 2 rings (SSSR count). The fourth-order valence-corrected chi connectivity index (χ4v) is 1.67. The predicted octanol–water partition coefficient (Wildman–Crippen LogP) is 1.96. The van der Waals surface area contributed by atoms with E-state index in [1.807, 2.05) is 0 Å². The minimum Gasteiger partial charge on any atom is -0.484 e. The number of aryl methyl sites for hydroxylation is 1. The summed E-state index contributed by atoms with van der Waals surface area (Å²) < 4.78 is 23.1. The molecule has 0 saturated carbocycles. The van der Waals surface area contributed by atoms with Gasteiger partial charge in [-0.05, 0) is 43.3 Å². The molecular weight excluding hydrogens is 277 g/mol. The molecule has 1 amide bonds. The first-order valence-electron chi connectivity index (χ1n) is 6.44. The number of halogens is 1. The average molecular weight is 293 g/mol. The summed E-state index contributed by atoms with van der Waals surface area (Å²) in [6, 6.07) is 8.75. The number of hydrogen-bond donors (Lipinski definition) is 2. The van der Waals surface area contributed by atoms with E-state index in [0.717, 1.165) is 0 Å². The SMILES string of the molecule is Cc1ccc(C(O)CNC(=O)COc2ccc(F)cc2)o1. The Bertz CT molecular complexity index is 594. The standard InChI is InChI=1S/C15H16FNO4/c1-10-2-7-14(21-10)13(18)8-17-15(19)9-20-12-5-3-11(16)4-6-12/h2-7,13,18H,8-9H2,1H3,(H,17,19). The summed E-state index contributed by atoms with van der Waals surface area (Å²) in [5, 5.41) is 12.3. The van der Waals surface area contributed by atoms with Crippen molar-refractivity contribution in [1.82, 2.24) is 5.32 Å². The number of nitrogens with one attached hydrogen (secondary N) is 1. The highest BCUT2D eigenvalue weighted by Gasteiger charge is 2.13. The van der Waals surface area contributed by atoms with Crippen LogP contribution in [-0.4, -0.2) is 24.2 Å². The zero-order valence-corrected chi connectivity index (χ0v) is 11.5. The molecule has 0 bridgehead atoms. The van der Waals surface area contributed by atoms with Gasteiger partial charge in [0.1, 0.15) is 29.2 Å². The molecule has 6 heteroatoms. The van der Waals surface area contributed by atoms with Crippen molar-refractivity contribution in [2.75, 3.05) is 13.2 Å². The number of benzene rings is 1. The quantitative estimate of drug-likeness (QED) is 0.854. The third-order valence-corrected chi connectivity index (χ3v) is 2.77. The average Bonchev–Trinajstić information content (AvgIpc) is 2.91. The molecule has 0 aliphatic rings. The zero-order valence-electron chi connectivity index (χ0n) is 11.5. The number of ether oxygens (including phenoxy) is 1. The van der Waals surface area contributed by atoms with Crippen LogP contribution in [0, 0.1) is 12.7 Å². The molecule has 0 aliphatic carbocycles. The Morgan fingerprint density at radius 1 is 1.33 bits per heavy atom. The number of carbonyl (C=O) groups excluding carboxylic acids is 1. The van der Waals surface area contributed by atoms with Gasteiger partial charge in [-0.15, -0.1) is 0 Å². The van der Waals surface area contributed by atoms with Crippen LogP contribution in [0.4, 0.5) is 4.39 Å². The van der Waals surface area contributed by atoms with Crippen LogP contribution < -0.4 is 10.1 Å². The van der Waals surface area contributed by atoms with Crippen molar-refractivity contribution in [3.05, 3.63) is 53.7 Å². The first-order chi connectivity index (χ1) is 10.0. The summed E-state index contributed by atoms with van der Waals surface area (Å²) in [5.41, 5.74) is 0. The third kappa shape index (κ3) is 4.61. The van der Waals surface area contributed by atoms with Crippen LogP contribution in [0.5, 0.6) is 5.75 Å². The minimum atomic E-state index is -0.909. The molecule has 1 aromatic heterocycles. The van der Waals surface area contributed by atoms with Crippen LogP contribution in [0.2, 0.25) is 0 Å². The molecule has 1 aromatic carbocycles. The maximum atomic E-state index is 12.7. The molecule has 1 unspecified atom stereocenters. The van der Waals surface area contributed by atoms with E-state index in [9.17, 15) is 14.3 Å². The first kappa shape index (κ1) is 15.1. The molecule has 0 spiro atoms. The van der Waals surface area contributed by atoms with Gasteiger partial charge in [-0.1, -0.05) is 0 Å². The van der Waals surface area contributed by atoms with E-state index in [1.54, 1.807) is 19.1 Å². The van der Waals surface area contributed by atoms with E-state index in [-0.39, 0.29) is 24.9 Å². The molecule has 0 radical (unpaired) electrons. The van der Waals surface area contributed by atoms with Gasteiger partial charge in [0, 0.05) is 0 Å². The van der Waals surface area contributed by atoms with Crippen molar-refractivity contribution in [3.8, 4) is 5.75 Å². The number of furan rings is 1. The molecule has 1 heterocycles. The molecule has 21 heavy (non-hydrogen) atoms. The minimum absolute atomic E-state index is 0.0264. The largest absolute Gasteiger partial charge is 0.484 e. The normalized spacial score (nSPS) is 12.0. The lowest BCUT2D eigenvalue weighted by atomic mass is 10.3. The molecule has 0 saturated heterocycles. The number of hydrogen-bond acceptors (Lipinski definition) is 4. The highest BCUT2D eigenvalue weighted by atomic mass is 19.1. The predicted molar refractivity (Wildman–Crippen MR) is 73.3 cm³/mol. The van der Waals surface area contributed by atoms with Gasteiger partial charge in [-0.2, -0.15) is 0 Å². The van der Waals surface area contributed by atoms with Crippen LogP contribution in [0.3, 0.4) is 0 Å². The van der Waals surface area contributed by atoms with Crippen molar-refractivity contribution in [2.45, 2.75) is 13.0 Å². The van der Waals surface area contributed by atoms with Gasteiger partial charge in [0.05, 0.1) is 6.54 Å². The lowest BCUT2D eigenvalue weighted by Crippen LogP contribution is -2.32. The van der Waals surface area contributed by atoms with Gasteiger partial charge >= 0.3 is 0 Å². The summed E-state index contributed by atoms with van der Waals surface area (Å²) in [6.45, 7) is 1.58. The zero-order chi connectivity index (χ0) is 15.2. The Hall–Kier alpha value is -2.34. The van der Waals surface area contributed by atoms with Crippen molar-refractivity contribution >= 4 is 5.91 Å². The second kappa shape index (κ2) is 6.90. The fraction of sp³-hybridized carbons (Fsp3) is 0.267. The maximum Gasteiger partial charge on any atom is 0.258 e. The summed E-state index contributed by atoms with van der Waals surface area (Å²) in [4.78, 5) is 11.6. The highest BCUT2D eigenvalue weighted by molar-refractivity contribution is 5.77. The Morgan fingerprint density at radius 3 is 2.67 bits per heavy atom. The molecule has 0 fully saturated rings. The Labute approximate surface area is 121 Å². The number of aliphatic hydroxyl groups is 1. The Kier molecular flexibility index (Phi) is 4.94. The van der Waals surface area contributed by atoms with Crippen molar-refractivity contribution in [2.24, 2.45) is 0 Å². The van der Waals surface area contributed by atoms with Gasteiger partial charge in [0.15, 0.2) is 6.61 Å². The van der Waals surface area contributed by atoms with Crippen LogP contribution in [0.25, 0.3) is 0 Å². The van der Waals surface area contributed by atoms with Gasteiger partial charge in [-0.3, -0.25) is 4.79 Å². The first-order valence-corrected chi connectivity index (χ1v) is 6.44. The maximum absolute atomic E-state index is 12.7. The molecule has 112 valence electrons. The lowest BCUT2D eigenvalue weighted by Gasteiger charge is -2.10. The summed E-state index contributed by atoms with van der Waals surface area (Å²) in [7, 11) is 0. The number of amides is 1. The van der Waals surface area contributed by atoms with E-state index < -0.39 is 6.10 Å². The van der Waals surface area contributed by atoms with Gasteiger partial charge < -0.3 is 19.6 Å². The highest BCUT2D eigenvalue weighted by Crippen LogP contribution is 2.15. The van der Waals surface area contributed by atoms with Crippen LogP contribution in [0.15, 0.2) is 40.8 Å². The van der Waals surface area contributed by atoms with Crippen molar-refractivity contribution < 1.29 is 23.4 Å². The fourth-order valence-electron chi connectivity index (χ4n) is 1.67.